The van der Waals surface area contributed by atoms with Crippen molar-refractivity contribution in [1.82, 2.24) is 0 Å². The molecule has 0 bridgehead atoms. The van der Waals surface area contributed by atoms with E-state index < -0.39 is 0 Å². The molecule has 0 spiro atoms. The molecule has 5 heteroatoms. The molecule has 0 saturated heterocycles. The van der Waals surface area contributed by atoms with Gasteiger partial charge in [-0.05, 0) is 18.6 Å². The number of oxime groups is 1. The highest BCUT2D eigenvalue weighted by atomic mass is 16.5. The van der Waals surface area contributed by atoms with E-state index in [0.717, 1.165) is 19.3 Å². The molecule has 0 atom stereocenters. The summed E-state index contributed by atoms with van der Waals surface area (Å²) in [6.45, 7) is 2.71. The molecule has 0 aliphatic rings. The Morgan fingerprint density at radius 2 is 2.17 bits per heavy atom. The van der Waals surface area contributed by atoms with Crippen LogP contribution in [0.4, 0.5) is 0 Å². The molecule has 0 saturated carbocycles. The van der Waals surface area contributed by atoms with Crippen LogP contribution in [0.2, 0.25) is 0 Å². The Kier molecular flexibility index (Phi) is 5.84. The standard InChI is InChI=1S/C13H20N2O3/c1-3-4-5-9-18-12-10(13(14)15-16)7-6-8-11(12)17-2/h6-8,16H,3-5,9H2,1-2H3,(H2,14,15). The van der Waals surface area contributed by atoms with Gasteiger partial charge in [0.25, 0.3) is 0 Å². The maximum atomic E-state index is 8.75. The predicted octanol–water partition coefficient (Wildman–Crippen LogP) is 2.36. The third-order valence-corrected chi connectivity index (χ3v) is 2.58. The second kappa shape index (κ2) is 7.42. The van der Waals surface area contributed by atoms with E-state index in [1.807, 2.05) is 0 Å². The van der Waals surface area contributed by atoms with Crippen molar-refractivity contribution in [2.45, 2.75) is 26.2 Å². The van der Waals surface area contributed by atoms with Crippen LogP contribution in [0.1, 0.15) is 31.7 Å². The lowest BCUT2D eigenvalue weighted by Crippen LogP contribution is -2.15. The molecule has 3 N–H and O–H groups in total. The normalized spacial score (nSPS) is 11.3. The van der Waals surface area contributed by atoms with E-state index in [4.69, 9.17) is 20.4 Å². The lowest BCUT2D eigenvalue weighted by atomic mass is 10.1. The van der Waals surface area contributed by atoms with Crippen LogP contribution in [0.25, 0.3) is 0 Å². The zero-order chi connectivity index (χ0) is 13.4. The largest absolute Gasteiger partial charge is 0.493 e. The van der Waals surface area contributed by atoms with E-state index in [1.54, 1.807) is 25.3 Å². The number of benzene rings is 1. The Bertz CT molecular complexity index is 405. The number of nitrogens with zero attached hydrogens (tertiary/aromatic N) is 1. The monoisotopic (exact) mass is 252 g/mol. The van der Waals surface area contributed by atoms with E-state index in [2.05, 4.69) is 12.1 Å². The molecule has 5 nitrogen and oxygen atoms in total. The van der Waals surface area contributed by atoms with Gasteiger partial charge in [-0.25, -0.2) is 0 Å². The number of nitrogens with two attached hydrogens (primary N) is 1. The summed E-state index contributed by atoms with van der Waals surface area (Å²) in [6.07, 6.45) is 3.20. The van der Waals surface area contributed by atoms with Crippen molar-refractivity contribution >= 4 is 5.84 Å². The number of ether oxygens (including phenoxy) is 2. The van der Waals surface area contributed by atoms with Crippen LogP contribution in [0.5, 0.6) is 11.5 Å². The van der Waals surface area contributed by atoms with E-state index >= 15 is 0 Å². The minimum atomic E-state index is 0.0133. The molecule has 1 aromatic carbocycles. The van der Waals surface area contributed by atoms with E-state index in [9.17, 15) is 0 Å². The summed E-state index contributed by atoms with van der Waals surface area (Å²) < 4.78 is 10.9. The molecule has 100 valence electrons. The zero-order valence-corrected chi connectivity index (χ0v) is 10.8. The highest BCUT2D eigenvalue weighted by Crippen LogP contribution is 2.31. The quantitative estimate of drug-likeness (QED) is 0.257. The Hall–Kier alpha value is -1.91. The van der Waals surface area contributed by atoms with Crippen molar-refractivity contribution in [3.05, 3.63) is 23.8 Å². The maximum Gasteiger partial charge on any atom is 0.173 e. The Labute approximate surface area is 107 Å². The van der Waals surface area contributed by atoms with Crippen molar-refractivity contribution in [3.63, 3.8) is 0 Å². The number of methoxy groups -OCH3 is 1. The van der Waals surface area contributed by atoms with Crippen molar-refractivity contribution in [3.8, 4) is 11.5 Å². The fraction of sp³-hybridized carbons (Fsp3) is 0.462. The van der Waals surface area contributed by atoms with E-state index in [0.29, 0.717) is 23.7 Å². The lowest BCUT2D eigenvalue weighted by molar-refractivity contribution is 0.284. The zero-order valence-electron chi connectivity index (χ0n) is 10.8. The molecule has 0 radical (unpaired) electrons. The molecule has 0 heterocycles. The van der Waals surface area contributed by atoms with Crippen LogP contribution in [0.15, 0.2) is 23.4 Å². The Morgan fingerprint density at radius 1 is 1.39 bits per heavy atom. The van der Waals surface area contributed by atoms with Crippen molar-refractivity contribution in [2.24, 2.45) is 10.9 Å². The van der Waals surface area contributed by atoms with Gasteiger partial charge in [-0.1, -0.05) is 31.0 Å². The van der Waals surface area contributed by atoms with Gasteiger partial charge in [0.05, 0.1) is 19.3 Å². The smallest absolute Gasteiger partial charge is 0.173 e. The van der Waals surface area contributed by atoms with Crippen LogP contribution >= 0.6 is 0 Å². The van der Waals surface area contributed by atoms with Gasteiger partial charge in [0, 0.05) is 0 Å². The van der Waals surface area contributed by atoms with Crippen LogP contribution < -0.4 is 15.2 Å². The minimum absolute atomic E-state index is 0.0133. The average Bonchev–Trinajstić information content (AvgIpc) is 2.42. The van der Waals surface area contributed by atoms with Gasteiger partial charge < -0.3 is 20.4 Å². The number of rotatable bonds is 7. The third-order valence-electron chi connectivity index (χ3n) is 2.58. The number of hydrogen-bond acceptors (Lipinski definition) is 4. The van der Waals surface area contributed by atoms with Gasteiger partial charge in [0.1, 0.15) is 0 Å². The highest BCUT2D eigenvalue weighted by Gasteiger charge is 2.13. The van der Waals surface area contributed by atoms with E-state index in [1.165, 1.54) is 0 Å². The van der Waals surface area contributed by atoms with Gasteiger partial charge in [0.15, 0.2) is 17.3 Å². The fourth-order valence-corrected chi connectivity index (χ4v) is 1.61. The molecular weight excluding hydrogens is 232 g/mol. The second-order valence-electron chi connectivity index (χ2n) is 3.88. The summed E-state index contributed by atoms with van der Waals surface area (Å²) in [7, 11) is 1.56. The first-order chi connectivity index (χ1) is 8.74. The number of hydrogen-bond donors (Lipinski definition) is 2. The van der Waals surface area contributed by atoms with Gasteiger partial charge in [-0.15, -0.1) is 0 Å². The first kappa shape index (κ1) is 14.2. The summed E-state index contributed by atoms with van der Waals surface area (Å²) in [6, 6.07) is 5.28. The first-order valence-electron chi connectivity index (χ1n) is 6.02. The molecule has 18 heavy (non-hydrogen) atoms. The summed E-state index contributed by atoms with van der Waals surface area (Å²) in [5.41, 5.74) is 6.15. The Morgan fingerprint density at radius 3 is 2.78 bits per heavy atom. The maximum absolute atomic E-state index is 8.75. The van der Waals surface area contributed by atoms with Gasteiger partial charge in [-0.2, -0.15) is 0 Å². The van der Waals surface area contributed by atoms with Crippen LogP contribution in [0.3, 0.4) is 0 Å². The summed E-state index contributed by atoms with van der Waals surface area (Å²) >= 11 is 0. The molecule has 1 aromatic rings. The molecule has 0 unspecified atom stereocenters. The van der Waals surface area contributed by atoms with Crippen LogP contribution in [-0.4, -0.2) is 24.8 Å². The van der Waals surface area contributed by atoms with Crippen molar-refractivity contribution < 1.29 is 14.7 Å². The van der Waals surface area contributed by atoms with Crippen LogP contribution in [0, 0.1) is 0 Å². The fourth-order valence-electron chi connectivity index (χ4n) is 1.61. The molecule has 0 amide bonds. The van der Waals surface area contributed by atoms with Gasteiger partial charge in [0.2, 0.25) is 0 Å². The first-order valence-corrected chi connectivity index (χ1v) is 6.02. The number of para-hydroxylation sites is 1. The highest BCUT2D eigenvalue weighted by molar-refractivity contribution is 6.00. The number of unbranched alkanes of at least 4 members (excludes halogenated alkanes) is 2. The molecule has 0 fully saturated rings. The minimum Gasteiger partial charge on any atom is -0.493 e. The van der Waals surface area contributed by atoms with Gasteiger partial charge >= 0.3 is 0 Å². The predicted molar refractivity (Wildman–Crippen MR) is 70.5 cm³/mol. The molecule has 0 aliphatic heterocycles. The topological polar surface area (TPSA) is 77.1 Å². The third kappa shape index (κ3) is 3.55. The van der Waals surface area contributed by atoms with Crippen molar-refractivity contribution in [1.29, 1.82) is 0 Å². The second-order valence-corrected chi connectivity index (χ2v) is 3.88. The van der Waals surface area contributed by atoms with E-state index in [-0.39, 0.29) is 5.84 Å². The Balaban J connectivity index is 2.90. The molecular formula is C13H20N2O3. The average molecular weight is 252 g/mol. The van der Waals surface area contributed by atoms with Gasteiger partial charge in [-0.3, -0.25) is 0 Å². The molecule has 1 rings (SSSR count). The number of amidine groups is 1. The summed E-state index contributed by atoms with van der Waals surface area (Å²) in [5, 5.41) is 11.8. The SMILES string of the molecule is CCCCCOc1c(OC)cccc1/C(N)=N/O. The summed E-state index contributed by atoms with van der Waals surface area (Å²) in [4.78, 5) is 0. The molecule has 0 aliphatic carbocycles. The summed E-state index contributed by atoms with van der Waals surface area (Å²) in [5.74, 6) is 1.11. The van der Waals surface area contributed by atoms with Crippen molar-refractivity contribution in [2.75, 3.05) is 13.7 Å². The molecule has 0 aromatic heterocycles. The lowest BCUT2D eigenvalue weighted by Gasteiger charge is -2.14. The van der Waals surface area contributed by atoms with Crippen LogP contribution in [-0.2, 0) is 0 Å².